The lowest BCUT2D eigenvalue weighted by Crippen LogP contribution is -2.17. The zero-order valence-electron chi connectivity index (χ0n) is 16.1. The van der Waals surface area contributed by atoms with Crippen LogP contribution in [0.5, 0.6) is 0 Å². The van der Waals surface area contributed by atoms with Crippen molar-refractivity contribution in [3.05, 3.63) is 66.2 Å². The average molecular weight is 375 g/mol. The standard InChI is InChI=1S/C21H30NO3P/c1-17(2)15-24-26(23,25-16-18(3)4)21(19-11-7-5-8-12-19)22-20-13-9-6-10-14-20/h5-14,17-18,21-22H,15-16H2,1-4H3/t21-/m1/s1. The highest BCUT2D eigenvalue weighted by Gasteiger charge is 2.38. The molecule has 0 saturated carbocycles. The van der Waals surface area contributed by atoms with Crippen LogP contribution in [0.2, 0.25) is 0 Å². The predicted molar refractivity (Wildman–Crippen MR) is 108 cm³/mol. The van der Waals surface area contributed by atoms with Gasteiger partial charge in [0.05, 0.1) is 13.2 Å². The van der Waals surface area contributed by atoms with Crippen molar-refractivity contribution in [1.82, 2.24) is 0 Å². The maximum atomic E-state index is 13.8. The van der Waals surface area contributed by atoms with Gasteiger partial charge in [-0.1, -0.05) is 76.2 Å². The molecule has 0 aliphatic rings. The molecule has 1 N–H and O–H groups in total. The molecule has 0 fully saturated rings. The Morgan fingerprint density at radius 1 is 0.808 bits per heavy atom. The fourth-order valence-electron chi connectivity index (χ4n) is 2.36. The second-order valence-corrected chi connectivity index (χ2v) is 9.36. The first-order valence-electron chi connectivity index (χ1n) is 9.16. The van der Waals surface area contributed by atoms with E-state index >= 15 is 0 Å². The highest BCUT2D eigenvalue weighted by molar-refractivity contribution is 7.54. The zero-order valence-corrected chi connectivity index (χ0v) is 17.0. The van der Waals surface area contributed by atoms with E-state index in [-0.39, 0.29) is 11.8 Å². The van der Waals surface area contributed by atoms with Crippen molar-refractivity contribution in [1.29, 1.82) is 0 Å². The molecule has 2 aromatic carbocycles. The summed E-state index contributed by atoms with van der Waals surface area (Å²) in [4.78, 5) is 0. The molecule has 4 nitrogen and oxygen atoms in total. The number of rotatable bonds is 10. The maximum Gasteiger partial charge on any atom is 0.357 e. The topological polar surface area (TPSA) is 47.6 Å². The minimum absolute atomic E-state index is 0.263. The van der Waals surface area contributed by atoms with Gasteiger partial charge in [-0.3, -0.25) is 4.57 Å². The van der Waals surface area contributed by atoms with Crippen molar-refractivity contribution in [2.45, 2.75) is 33.5 Å². The number of benzene rings is 2. The number of para-hydroxylation sites is 1. The van der Waals surface area contributed by atoms with Gasteiger partial charge in [-0.05, 0) is 29.5 Å². The van der Waals surface area contributed by atoms with Crippen molar-refractivity contribution in [2.75, 3.05) is 18.5 Å². The van der Waals surface area contributed by atoms with Crippen LogP contribution in [-0.2, 0) is 13.6 Å². The molecule has 0 saturated heterocycles. The van der Waals surface area contributed by atoms with Crippen molar-refractivity contribution < 1.29 is 13.6 Å². The third-order valence-corrected chi connectivity index (χ3v) is 5.76. The summed E-state index contributed by atoms with van der Waals surface area (Å²) in [5, 5.41) is 3.37. The van der Waals surface area contributed by atoms with Crippen molar-refractivity contribution >= 4 is 13.3 Å². The molecule has 0 heterocycles. The van der Waals surface area contributed by atoms with Gasteiger partial charge in [0, 0.05) is 5.69 Å². The highest BCUT2D eigenvalue weighted by Crippen LogP contribution is 2.61. The highest BCUT2D eigenvalue weighted by atomic mass is 31.2. The Balaban J connectivity index is 2.37. The summed E-state index contributed by atoms with van der Waals surface area (Å²) in [6.45, 7) is 8.91. The van der Waals surface area contributed by atoms with E-state index in [1.807, 2.05) is 88.4 Å². The summed E-state index contributed by atoms with van der Waals surface area (Å²) >= 11 is 0. The molecule has 0 aliphatic heterocycles. The fourth-order valence-corrected chi connectivity index (χ4v) is 4.59. The van der Waals surface area contributed by atoms with Gasteiger partial charge in [-0.15, -0.1) is 0 Å². The van der Waals surface area contributed by atoms with E-state index in [0.717, 1.165) is 11.3 Å². The molecular formula is C21H30NO3P. The number of anilines is 1. The third-order valence-electron chi connectivity index (χ3n) is 3.68. The number of hydrogen-bond acceptors (Lipinski definition) is 4. The van der Waals surface area contributed by atoms with Crippen LogP contribution < -0.4 is 5.32 Å². The van der Waals surface area contributed by atoms with E-state index in [9.17, 15) is 4.57 Å². The minimum atomic E-state index is -3.44. The largest absolute Gasteiger partial charge is 0.368 e. The third kappa shape index (κ3) is 6.28. The van der Waals surface area contributed by atoms with E-state index in [1.54, 1.807) is 0 Å². The van der Waals surface area contributed by atoms with Crippen LogP contribution in [0.15, 0.2) is 60.7 Å². The molecule has 2 aromatic rings. The van der Waals surface area contributed by atoms with Crippen LogP contribution >= 0.6 is 7.60 Å². The molecule has 142 valence electrons. The van der Waals surface area contributed by atoms with Gasteiger partial charge >= 0.3 is 7.60 Å². The van der Waals surface area contributed by atoms with Gasteiger partial charge in [-0.25, -0.2) is 0 Å². The number of hydrogen-bond donors (Lipinski definition) is 1. The Kier molecular flexibility index (Phi) is 7.89. The summed E-state index contributed by atoms with van der Waals surface area (Å²) in [6, 6.07) is 19.4. The Bertz CT molecular complexity index is 673. The van der Waals surface area contributed by atoms with E-state index in [4.69, 9.17) is 9.05 Å². The van der Waals surface area contributed by atoms with Gasteiger partial charge in [0.25, 0.3) is 0 Å². The normalized spacial score (nSPS) is 13.2. The van der Waals surface area contributed by atoms with Crippen LogP contribution in [0.3, 0.4) is 0 Å². The Hall–Kier alpha value is -1.61. The molecule has 0 amide bonds. The van der Waals surface area contributed by atoms with Crippen molar-refractivity contribution in [3.8, 4) is 0 Å². The van der Waals surface area contributed by atoms with E-state index in [0.29, 0.717) is 13.2 Å². The smallest absolute Gasteiger partial charge is 0.357 e. The van der Waals surface area contributed by atoms with Crippen LogP contribution in [0.25, 0.3) is 0 Å². The molecular weight excluding hydrogens is 345 g/mol. The quantitative estimate of drug-likeness (QED) is 0.493. The van der Waals surface area contributed by atoms with Crippen LogP contribution in [-0.4, -0.2) is 13.2 Å². The molecule has 0 radical (unpaired) electrons. The molecule has 0 aromatic heterocycles. The summed E-state index contributed by atoms with van der Waals surface area (Å²) < 4.78 is 25.6. The first-order chi connectivity index (χ1) is 12.4. The van der Waals surface area contributed by atoms with E-state index < -0.39 is 13.4 Å². The number of nitrogens with one attached hydrogen (secondary N) is 1. The molecule has 0 unspecified atom stereocenters. The van der Waals surface area contributed by atoms with E-state index in [1.165, 1.54) is 0 Å². The molecule has 0 aliphatic carbocycles. The van der Waals surface area contributed by atoms with Gasteiger partial charge in [-0.2, -0.15) is 0 Å². The van der Waals surface area contributed by atoms with Crippen LogP contribution in [0.4, 0.5) is 5.69 Å². The van der Waals surface area contributed by atoms with Crippen molar-refractivity contribution in [2.24, 2.45) is 11.8 Å². The zero-order chi connectivity index (χ0) is 19.0. The molecule has 26 heavy (non-hydrogen) atoms. The summed E-state index contributed by atoms with van der Waals surface area (Å²) in [5.41, 5.74) is 1.76. The van der Waals surface area contributed by atoms with Crippen molar-refractivity contribution in [3.63, 3.8) is 0 Å². The predicted octanol–water partition coefficient (Wildman–Crippen LogP) is 6.34. The van der Waals surface area contributed by atoms with Gasteiger partial charge in [0.1, 0.15) is 0 Å². The molecule has 0 spiro atoms. The Labute approximate surface area is 157 Å². The first-order valence-corrected chi connectivity index (χ1v) is 10.8. The summed E-state index contributed by atoms with van der Waals surface area (Å²) in [5.74, 6) is -0.0400. The molecule has 0 bridgehead atoms. The minimum Gasteiger partial charge on any atom is -0.368 e. The first kappa shape index (κ1) is 20.7. The lowest BCUT2D eigenvalue weighted by molar-refractivity contribution is 0.168. The Morgan fingerprint density at radius 3 is 1.73 bits per heavy atom. The monoisotopic (exact) mass is 375 g/mol. The second-order valence-electron chi connectivity index (χ2n) is 7.24. The van der Waals surface area contributed by atoms with Gasteiger partial charge in [0.2, 0.25) is 0 Å². The van der Waals surface area contributed by atoms with Crippen LogP contribution in [0, 0.1) is 11.8 Å². The lowest BCUT2D eigenvalue weighted by atomic mass is 10.2. The van der Waals surface area contributed by atoms with E-state index in [2.05, 4.69) is 5.32 Å². The summed E-state index contributed by atoms with van der Waals surface area (Å²) in [6.07, 6.45) is 0. The lowest BCUT2D eigenvalue weighted by Gasteiger charge is -2.30. The average Bonchev–Trinajstić information content (AvgIpc) is 2.64. The molecule has 5 heteroatoms. The fraction of sp³-hybridized carbons (Fsp3) is 0.429. The van der Waals surface area contributed by atoms with Gasteiger partial charge in [0.15, 0.2) is 5.78 Å². The van der Waals surface area contributed by atoms with Crippen LogP contribution in [0.1, 0.15) is 39.0 Å². The van der Waals surface area contributed by atoms with Gasteiger partial charge < -0.3 is 14.4 Å². The molecule has 1 atom stereocenters. The maximum absolute atomic E-state index is 13.8. The SMILES string of the molecule is CC(C)COP(=O)(OCC(C)C)[C@@H](Nc1ccccc1)c1ccccc1. The molecule has 2 rings (SSSR count). The summed E-state index contributed by atoms with van der Waals surface area (Å²) in [7, 11) is -3.44. The second kappa shape index (κ2) is 9.91. The Morgan fingerprint density at radius 2 is 1.27 bits per heavy atom.